The predicted molar refractivity (Wildman–Crippen MR) is 62.2 cm³/mol. The Hall–Kier alpha value is -2.08. The van der Waals surface area contributed by atoms with Gasteiger partial charge in [0.15, 0.2) is 0 Å². The van der Waals surface area contributed by atoms with Crippen molar-refractivity contribution < 1.29 is 9.90 Å². The number of aromatic hydroxyl groups is 1. The van der Waals surface area contributed by atoms with Crippen LogP contribution in [0.15, 0.2) is 18.2 Å². The normalized spacial score (nSPS) is 10.2. The molecule has 0 radical (unpaired) electrons. The first kappa shape index (κ1) is 11.4. The Bertz CT molecular complexity index is 567. The van der Waals surface area contributed by atoms with E-state index in [0.29, 0.717) is 10.8 Å². The van der Waals surface area contributed by atoms with Crippen LogP contribution >= 0.6 is 11.6 Å². The second kappa shape index (κ2) is 4.42. The Balaban J connectivity index is 2.20. The number of amides is 1. The van der Waals surface area contributed by atoms with Crippen molar-refractivity contribution in [2.45, 2.75) is 6.92 Å². The van der Waals surface area contributed by atoms with E-state index < -0.39 is 5.91 Å². The van der Waals surface area contributed by atoms with Crippen molar-refractivity contribution >= 4 is 23.5 Å². The van der Waals surface area contributed by atoms with Gasteiger partial charge in [-0.3, -0.25) is 15.2 Å². The number of phenolic OH excluding ortho intramolecular Hbond substituents is 1. The van der Waals surface area contributed by atoms with Crippen molar-refractivity contribution in [3.8, 4) is 5.75 Å². The van der Waals surface area contributed by atoms with Crippen LogP contribution in [0.25, 0.3) is 0 Å². The number of aryl methyl sites for hydroxylation is 1. The zero-order chi connectivity index (χ0) is 12.4. The average Bonchev–Trinajstić information content (AvgIpc) is 2.63. The second-order valence-corrected chi connectivity index (χ2v) is 3.80. The Morgan fingerprint density at radius 1 is 1.53 bits per heavy atom. The summed E-state index contributed by atoms with van der Waals surface area (Å²) in [6.07, 6.45) is 0. The highest BCUT2D eigenvalue weighted by atomic mass is 35.5. The van der Waals surface area contributed by atoms with Crippen molar-refractivity contribution in [2.75, 3.05) is 5.32 Å². The fourth-order valence-electron chi connectivity index (χ4n) is 1.26. The van der Waals surface area contributed by atoms with Crippen LogP contribution in [-0.2, 0) is 0 Å². The number of H-pyrrole nitrogens is 1. The van der Waals surface area contributed by atoms with Gasteiger partial charge in [0.05, 0.1) is 5.56 Å². The molecule has 0 fully saturated rings. The first-order valence-corrected chi connectivity index (χ1v) is 5.13. The number of benzene rings is 1. The van der Waals surface area contributed by atoms with Gasteiger partial charge in [-0.25, -0.2) is 0 Å². The number of carbonyl (C=O) groups excluding carboxylic acids is 1. The molecule has 1 amide bonds. The van der Waals surface area contributed by atoms with E-state index in [2.05, 4.69) is 20.5 Å². The van der Waals surface area contributed by atoms with Gasteiger partial charge in [0.2, 0.25) is 5.95 Å². The summed E-state index contributed by atoms with van der Waals surface area (Å²) < 4.78 is 0. The first-order chi connectivity index (χ1) is 8.06. The summed E-state index contributed by atoms with van der Waals surface area (Å²) in [6, 6.07) is 4.23. The molecule has 1 heterocycles. The van der Waals surface area contributed by atoms with Crippen molar-refractivity contribution in [1.82, 2.24) is 15.2 Å². The minimum absolute atomic E-state index is 0.108. The minimum Gasteiger partial charge on any atom is -0.507 e. The highest BCUT2D eigenvalue weighted by Crippen LogP contribution is 2.22. The molecule has 7 heteroatoms. The number of phenols is 1. The maximum absolute atomic E-state index is 11.7. The van der Waals surface area contributed by atoms with Crippen molar-refractivity contribution in [3.05, 3.63) is 34.6 Å². The number of nitrogens with one attached hydrogen (secondary N) is 2. The molecular weight excluding hydrogens is 244 g/mol. The molecule has 2 rings (SSSR count). The highest BCUT2D eigenvalue weighted by molar-refractivity contribution is 6.30. The molecule has 6 nitrogen and oxygen atoms in total. The molecule has 17 heavy (non-hydrogen) atoms. The van der Waals surface area contributed by atoms with Crippen LogP contribution in [-0.4, -0.2) is 26.2 Å². The van der Waals surface area contributed by atoms with Crippen LogP contribution in [0, 0.1) is 6.92 Å². The van der Waals surface area contributed by atoms with Gasteiger partial charge in [0.1, 0.15) is 11.6 Å². The van der Waals surface area contributed by atoms with E-state index in [1.54, 1.807) is 6.92 Å². The van der Waals surface area contributed by atoms with Crippen LogP contribution in [0.4, 0.5) is 5.95 Å². The van der Waals surface area contributed by atoms with Crippen LogP contribution in [0.2, 0.25) is 5.02 Å². The monoisotopic (exact) mass is 252 g/mol. The zero-order valence-electron chi connectivity index (χ0n) is 8.86. The van der Waals surface area contributed by atoms with E-state index in [4.69, 9.17) is 11.6 Å². The predicted octanol–water partition coefficient (Wildman–Crippen LogP) is 1.72. The fraction of sp³-hybridized carbons (Fsp3) is 0.100. The van der Waals surface area contributed by atoms with E-state index in [-0.39, 0.29) is 17.3 Å². The molecule has 1 aromatic heterocycles. The average molecular weight is 253 g/mol. The summed E-state index contributed by atoms with van der Waals surface area (Å²) in [5.41, 5.74) is 0.108. The van der Waals surface area contributed by atoms with Gasteiger partial charge in [-0.1, -0.05) is 11.6 Å². The third kappa shape index (κ3) is 2.54. The van der Waals surface area contributed by atoms with E-state index in [0.717, 1.165) is 0 Å². The summed E-state index contributed by atoms with van der Waals surface area (Å²) in [5, 5.41) is 18.7. The van der Waals surface area contributed by atoms with Gasteiger partial charge in [0.25, 0.3) is 5.91 Å². The number of aromatic nitrogens is 3. The third-order valence-electron chi connectivity index (χ3n) is 2.03. The maximum atomic E-state index is 11.7. The van der Waals surface area contributed by atoms with E-state index in [1.807, 2.05) is 0 Å². The van der Waals surface area contributed by atoms with Crippen LogP contribution in [0.1, 0.15) is 16.2 Å². The molecular formula is C10H9ClN4O2. The molecule has 0 saturated heterocycles. The SMILES string of the molecule is Cc1nc(NC(=O)c2ccc(Cl)cc2O)n[nH]1. The number of anilines is 1. The van der Waals surface area contributed by atoms with Crippen LogP contribution < -0.4 is 5.32 Å². The number of halogens is 1. The van der Waals surface area contributed by atoms with Gasteiger partial charge in [0, 0.05) is 5.02 Å². The number of hydrogen-bond acceptors (Lipinski definition) is 4. The second-order valence-electron chi connectivity index (χ2n) is 3.36. The lowest BCUT2D eigenvalue weighted by molar-refractivity contribution is 0.102. The van der Waals surface area contributed by atoms with Gasteiger partial charge in [-0.15, -0.1) is 5.10 Å². The smallest absolute Gasteiger partial charge is 0.261 e. The molecule has 0 aliphatic heterocycles. The van der Waals surface area contributed by atoms with Crippen molar-refractivity contribution in [2.24, 2.45) is 0 Å². The molecule has 0 saturated carbocycles. The number of aromatic amines is 1. The molecule has 0 bridgehead atoms. The standard InChI is InChI=1S/C10H9ClN4O2/c1-5-12-10(15-14-5)13-9(17)7-3-2-6(11)4-8(7)16/h2-4,16H,1H3,(H2,12,13,14,15,17). The van der Waals surface area contributed by atoms with E-state index >= 15 is 0 Å². The lowest BCUT2D eigenvalue weighted by Gasteiger charge is -2.03. The minimum atomic E-state index is -0.502. The Kier molecular flexibility index (Phi) is 2.97. The summed E-state index contributed by atoms with van der Waals surface area (Å²) in [7, 11) is 0. The Morgan fingerprint density at radius 3 is 2.88 bits per heavy atom. The van der Waals surface area contributed by atoms with Crippen molar-refractivity contribution in [1.29, 1.82) is 0 Å². The summed E-state index contributed by atoms with van der Waals surface area (Å²) in [4.78, 5) is 15.7. The third-order valence-corrected chi connectivity index (χ3v) is 2.26. The van der Waals surface area contributed by atoms with E-state index in [1.165, 1.54) is 18.2 Å². The highest BCUT2D eigenvalue weighted by Gasteiger charge is 2.13. The van der Waals surface area contributed by atoms with E-state index in [9.17, 15) is 9.90 Å². The van der Waals surface area contributed by atoms with Crippen molar-refractivity contribution in [3.63, 3.8) is 0 Å². The number of carbonyl (C=O) groups is 1. The largest absolute Gasteiger partial charge is 0.507 e. The molecule has 0 atom stereocenters. The molecule has 1 aromatic carbocycles. The topological polar surface area (TPSA) is 90.9 Å². The van der Waals surface area contributed by atoms with Crippen LogP contribution in [0.5, 0.6) is 5.75 Å². The van der Waals surface area contributed by atoms with Gasteiger partial charge < -0.3 is 5.11 Å². The zero-order valence-corrected chi connectivity index (χ0v) is 9.62. The molecule has 0 spiro atoms. The van der Waals surface area contributed by atoms with Gasteiger partial charge in [-0.2, -0.15) is 4.98 Å². The molecule has 0 aliphatic carbocycles. The van der Waals surface area contributed by atoms with Gasteiger partial charge >= 0.3 is 0 Å². The number of hydrogen-bond donors (Lipinski definition) is 3. The Morgan fingerprint density at radius 2 is 2.29 bits per heavy atom. The molecule has 2 aromatic rings. The lowest BCUT2D eigenvalue weighted by Crippen LogP contribution is -2.13. The Labute approximate surface area is 102 Å². The quantitative estimate of drug-likeness (QED) is 0.759. The first-order valence-electron chi connectivity index (χ1n) is 4.75. The van der Waals surface area contributed by atoms with Crippen LogP contribution in [0.3, 0.4) is 0 Å². The maximum Gasteiger partial charge on any atom is 0.261 e. The summed E-state index contributed by atoms with van der Waals surface area (Å²) >= 11 is 5.66. The molecule has 0 unspecified atom stereocenters. The summed E-state index contributed by atoms with van der Waals surface area (Å²) in [6.45, 7) is 1.71. The molecule has 88 valence electrons. The number of nitrogens with zero attached hydrogens (tertiary/aromatic N) is 2. The van der Waals surface area contributed by atoms with Gasteiger partial charge in [-0.05, 0) is 25.1 Å². The number of rotatable bonds is 2. The molecule has 3 N–H and O–H groups in total. The molecule has 0 aliphatic rings. The summed E-state index contributed by atoms with van der Waals surface area (Å²) in [5.74, 6) is 0.0444. The fourth-order valence-corrected chi connectivity index (χ4v) is 1.43. The lowest BCUT2D eigenvalue weighted by atomic mass is 10.2.